The van der Waals surface area contributed by atoms with Crippen molar-refractivity contribution in [2.75, 3.05) is 0 Å². The van der Waals surface area contributed by atoms with E-state index in [1.54, 1.807) is 0 Å². The Morgan fingerprint density at radius 1 is 0.846 bits per heavy atom. The standard InChI is InChI=1S/C8H6O4.Ti/c9-7(10)5-1-2-6(4-3-5)8(11)12;/h1-4H,(H,9,10)(H,11,12);/q;+2/p-2. The predicted octanol–water partition coefficient (Wildman–Crippen LogP) is -1.59. The summed E-state index contributed by atoms with van der Waals surface area (Å²) >= 11 is 0. The van der Waals surface area contributed by atoms with Gasteiger partial charge in [0.2, 0.25) is 0 Å². The molecule has 1 aromatic carbocycles. The van der Waals surface area contributed by atoms with Gasteiger partial charge in [-0.05, 0) is 11.1 Å². The number of carboxylic acid groups (broad SMARTS) is 2. The molecule has 1 rings (SSSR count). The van der Waals surface area contributed by atoms with Crippen LogP contribution < -0.4 is 10.2 Å². The van der Waals surface area contributed by atoms with Gasteiger partial charge in [-0.3, -0.25) is 0 Å². The van der Waals surface area contributed by atoms with Crippen molar-refractivity contribution in [3.05, 3.63) is 35.4 Å². The van der Waals surface area contributed by atoms with E-state index in [4.69, 9.17) is 0 Å². The predicted molar refractivity (Wildman–Crippen MR) is 35.1 cm³/mol. The van der Waals surface area contributed by atoms with Crippen LogP contribution in [0.3, 0.4) is 0 Å². The van der Waals surface area contributed by atoms with Crippen LogP contribution >= 0.6 is 0 Å². The summed E-state index contributed by atoms with van der Waals surface area (Å²) in [5.74, 6) is -2.67. The third-order valence-electron chi connectivity index (χ3n) is 1.36. The minimum absolute atomic E-state index is 0. The Morgan fingerprint density at radius 3 is 1.23 bits per heavy atom. The van der Waals surface area contributed by atoms with Gasteiger partial charge >= 0.3 is 21.7 Å². The van der Waals surface area contributed by atoms with Gasteiger partial charge in [-0.2, -0.15) is 0 Å². The molecule has 0 amide bonds. The van der Waals surface area contributed by atoms with Crippen LogP contribution in [0.25, 0.3) is 0 Å². The zero-order valence-corrected chi connectivity index (χ0v) is 8.00. The SMILES string of the molecule is O=C([O-])c1ccc(C(=O)[O-])cc1.[Ti+2]. The molecule has 0 radical (unpaired) electrons. The van der Waals surface area contributed by atoms with Crippen molar-refractivity contribution in [3.8, 4) is 0 Å². The number of carboxylic acids is 2. The zero-order chi connectivity index (χ0) is 9.14. The third-order valence-corrected chi connectivity index (χ3v) is 1.36. The van der Waals surface area contributed by atoms with Crippen LogP contribution in [0.15, 0.2) is 24.3 Å². The Labute approximate surface area is 89.1 Å². The first kappa shape index (κ1) is 11.9. The smallest absolute Gasteiger partial charge is 0.545 e. The molecule has 0 fully saturated rings. The van der Waals surface area contributed by atoms with Gasteiger partial charge in [-0.15, -0.1) is 0 Å². The summed E-state index contributed by atoms with van der Waals surface area (Å²) in [5.41, 5.74) is -0.111. The fourth-order valence-corrected chi connectivity index (χ4v) is 0.742. The van der Waals surface area contributed by atoms with Crippen molar-refractivity contribution in [1.82, 2.24) is 0 Å². The van der Waals surface area contributed by atoms with Gasteiger partial charge in [0.15, 0.2) is 0 Å². The van der Waals surface area contributed by atoms with Gasteiger partial charge in [0.25, 0.3) is 0 Å². The van der Waals surface area contributed by atoms with Gasteiger partial charge in [-0.1, -0.05) is 24.3 Å². The number of hydrogen-bond acceptors (Lipinski definition) is 4. The number of carbonyl (C=O) groups excluding carboxylic acids is 2. The Bertz CT molecular complexity index is 284. The molecule has 13 heavy (non-hydrogen) atoms. The molecule has 0 aromatic heterocycles. The largest absolute Gasteiger partial charge is 2.00 e. The molecule has 0 saturated carbocycles. The van der Waals surface area contributed by atoms with Gasteiger partial charge in [0.05, 0.1) is 11.9 Å². The van der Waals surface area contributed by atoms with E-state index in [1.807, 2.05) is 0 Å². The molecule has 64 valence electrons. The summed E-state index contributed by atoms with van der Waals surface area (Å²) in [6, 6.07) is 4.61. The maximum atomic E-state index is 10.2. The van der Waals surface area contributed by atoms with E-state index in [2.05, 4.69) is 0 Å². The third kappa shape index (κ3) is 3.01. The monoisotopic (exact) mass is 212 g/mol. The van der Waals surface area contributed by atoms with Crippen LogP contribution in [-0.4, -0.2) is 11.9 Å². The number of carbonyl (C=O) groups is 2. The number of rotatable bonds is 2. The van der Waals surface area contributed by atoms with Gasteiger partial charge in [0, 0.05) is 0 Å². The average Bonchev–Trinajstić information content (AvgIpc) is 2.04. The summed E-state index contributed by atoms with van der Waals surface area (Å²) in [4.78, 5) is 20.4. The summed E-state index contributed by atoms with van der Waals surface area (Å²) in [5, 5.41) is 20.4. The molecule has 0 spiro atoms. The van der Waals surface area contributed by atoms with Crippen molar-refractivity contribution in [1.29, 1.82) is 0 Å². The molecule has 0 aliphatic rings. The first-order chi connectivity index (χ1) is 5.61. The topological polar surface area (TPSA) is 80.3 Å². The molecular weight excluding hydrogens is 208 g/mol. The molecule has 4 nitrogen and oxygen atoms in total. The molecule has 1 aromatic rings. The van der Waals surface area contributed by atoms with Crippen LogP contribution in [0.4, 0.5) is 0 Å². The summed E-state index contributed by atoms with van der Waals surface area (Å²) < 4.78 is 0. The van der Waals surface area contributed by atoms with Crippen LogP contribution in [0, 0.1) is 0 Å². The minimum Gasteiger partial charge on any atom is -0.545 e. The molecular formula is C8H4O4Ti. The fourth-order valence-electron chi connectivity index (χ4n) is 0.742. The second-order valence-corrected chi connectivity index (χ2v) is 2.15. The van der Waals surface area contributed by atoms with Crippen molar-refractivity contribution in [3.63, 3.8) is 0 Å². The number of benzene rings is 1. The van der Waals surface area contributed by atoms with E-state index in [0.717, 1.165) is 24.3 Å². The van der Waals surface area contributed by atoms with E-state index in [-0.39, 0.29) is 32.8 Å². The zero-order valence-electron chi connectivity index (χ0n) is 6.44. The second kappa shape index (κ2) is 4.79. The molecule has 0 aliphatic carbocycles. The van der Waals surface area contributed by atoms with E-state index in [9.17, 15) is 19.8 Å². The Hall–Kier alpha value is -1.13. The first-order valence-corrected chi connectivity index (χ1v) is 3.14. The Kier molecular flexibility index (Phi) is 4.38. The normalized spacial score (nSPS) is 8.62. The molecule has 0 heterocycles. The summed E-state index contributed by atoms with van der Waals surface area (Å²) in [6.07, 6.45) is 0. The molecule has 0 bridgehead atoms. The van der Waals surface area contributed by atoms with E-state index in [1.165, 1.54) is 0 Å². The van der Waals surface area contributed by atoms with Gasteiger partial charge < -0.3 is 19.8 Å². The fraction of sp³-hybridized carbons (Fsp3) is 0. The van der Waals surface area contributed by atoms with Crippen LogP contribution in [0.5, 0.6) is 0 Å². The van der Waals surface area contributed by atoms with Gasteiger partial charge in [0.1, 0.15) is 0 Å². The molecule has 0 unspecified atom stereocenters. The van der Waals surface area contributed by atoms with E-state index >= 15 is 0 Å². The maximum Gasteiger partial charge on any atom is 2.00 e. The quantitative estimate of drug-likeness (QED) is 0.553. The molecule has 0 atom stereocenters. The Morgan fingerprint density at radius 2 is 1.08 bits per heavy atom. The van der Waals surface area contributed by atoms with Crippen molar-refractivity contribution in [2.45, 2.75) is 0 Å². The molecule has 5 heteroatoms. The Balaban J connectivity index is 0.00000144. The van der Waals surface area contributed by atoms with E-state index < -0.39 is 11.9 Å². The van der Waals surface area contributed by atoms with Crippen LogP contribution in [0.1, 0.15) is 20.7 Å². The number of hydrogen-bond donors (Lipinski definition) is 0. The van der Waals surface area contributed by atoms with Crippen molar-refractivity contribution >= 4 is 11.9 Å². The molecule has 0 aliphatic heterocycles. The number of aromatic carboxylic acids is 2. The van der Waals surface area contributed by atoms with E-state index in [0.29, 0.717) is 0 Å². The van der Waals surface area contributed by atoms with Gasteiger partial charge in [-0.25, -0.2) is 0 Å². The average molecular weight is 212 g/mol. The summed E-state index contributed by atoms with van der Waals surface area (Å²) in [7, 11) is 0. The summed E-state index contributed by atoms with van der Waals surface area (Å²) in [6.45, 7) is 0. The van der Waals surface area contributed by atoms with Crippen molar-refractivity contribution < 1.29 is 41.5 Å². The maximum absolute atomic E-state index is 10.2. The minimum atomic E-state index is -1.33. The molecule has 0 saturated heterocycles. The first-order valence-electron chi connectivity index (χ1n) is 3.14. The van der Waals surface area contributed by atoms with Crippen LogP contribution in [-0.2, 0) is 21.7 Å². The molecule has 0 N–H and O–H groups in total. The van der Waals surface area contributed by atoms with Crippen LogP contribution in [0.2, 0.25) is 0 Å². The van der Waals surface area contributed by atoms with Crippen molar-refractivity contribution in [2.24, 2.45) is 0 Å². The second-order valence-electron chi connectivity index (χ2n) is 2.15.